The second-order valence-corrected chi connectivity index (χ2v) is 11.3. The fraction of sp³-hybridized carbons (Fsp3) is 0.462. The van der Waals surface area contributed by atoms with Gasteiger partial charge in [-0.15, -0.1) is 0 Å². The fourth-order valence-corrected chi connectivity index (χ4v) is 3.80. The van der Waals surface area contributed by atoms with E-state index in [2.05, 4.69) is 10.9 Å². The van der Waals surface area contributed by atoms with E-state index in [0.29, 0.717) is 11.1 Å². The van der Waals surface area contributed by atoms with E-state index in [0.717, 1.165) is 10.9 Å². The molecule has 36 heavy (non-hydrogen) atoms. The maximum Gasteiger partial charge on any atom is 0.494 e. The van der Waals surface area contributed by atoms with Gasteiger partial charge in [0, 0.05) is 11.1 Å². The monoisotopic (exact) mass is 492 g/mol. The standard InChI is InChI=1S/C26H34B2N2O6/c1-23(2)24(3,4)34-27(33-23)19-13-9-17(10-14-19)21(31)29-30-22(32)18-11-15-20(16-12-18)28-35-25(5,6)26(7,8)36-28/h9-16H,1-8H3,(H,29,31)(H,30,32). The molecule has 0 spiro atoms. The highest BCUT2D eigenvalue weighted by atomic mass is 16.7. The zero-order valence-electron chi connectivity index (χ0n) is 22.2. The number of rotatable bonds is 4. The number of benzene rings is 2. The van der Waals surface area contributed by atoms with Crippen LogP contribution in [0, 0.1) is 0 Å². The van der Waals surface area contributed by atoms with Crippen LogP contribution < -0.4 is 21.8 Å². The van der Waals surface area contributed by atoms with Crippen molar-refractivity contribution in [3.8, 4) is 0 Å². The Morgan fingerprint density at radius 2 is 0.778 bits per heavy atom. The Morgan fingerprint density at radius 1 is 0.528 bits per heavy atom. The molecule has 0 atom stereocenters. The van der Waals surface area contributed by atoms with Gasteiger partial charge in [0.15, 0.2) is 0 Å². The Hall–Kier alpha value is -2.65. The number of amides is 2. The van der Waals surface area contributed by atoms with E-state index in [1.165, 1.54) is 0 Å². The average molecular weight is 492 g/mol. The van der Waals surface area contributed by atoms with E-state index < -0.39 is 48.5 Å². The van der Waals surface area contributed by atoms with Crippen LogP contribution in [0.5, 0.6) is 0 Å². The molecule has 2 aliphatic rings. The first kappa shape index (κ1) is 26.4. The molecule has 8 nitrogen and oxygen atoms in total. The smallest absolute Gasteiger partial charge is 0.399 e. The van der Waals surface area contributed by atoms with E-state index in [1.54, 1.807) is 48.5 Å². The summed E-state index contributed by atoms with van der Waals surface area (Å²) in [6.07, 6.45) is 0. The van der Waals surface area contributed by atoms with Gasteiger partial charge in [-0.3, -0.25) is 20.4 Å². The van der Waals surface area contributed by atoms with E-state index in [-0.39, 0.29) is 0 Å². The van der Waals surface area contributed by atoms with Gasteiger partial charge in [-0.2, -0.15) is 0 Å². The minimum Gasteiger partial charge on any atom is -0.399 e. The first-order valence-electron chi connectivity index (χ1n) is 12.1. The van der Waals surface area contributed by atoms with Gasteiger partial charge >= 0.3 is 14.2 Å². The molecule has 2 aromatic carbocycles. The van der Waals surface area contributed by atoms with Crippen LogP contribution in [0.3, 0.4) is 0 Å². The van der Waals surface area contributed by atoms with E-state index in [9.17, 15) is 9.59 Å². The van der Waals surface area contributed by atoms with Gasteiger partial charge in [0.25, 0.3) is 11.8 Å². The lowest BCUT2D eigenvalue weighted by Crippen LogP contribution is -2.42. The molecule has 0 saturated carbocycles. The third kappa shape index (κ3) is 4.95. The van der Waals surface area contributed by atoms with Crippen LogP contribution in [0.1, 0.15) is 76.1 Å². The summed E-state index contributed by atoms with van der Waals surface area (Å²) in [7, 11) is -1.01. The molecule has 2 aliphatic heterocycles. The molecule has 2 fully saturated rings. The lowest BCUT2D eigenvalue weighted by molar-refractivity contribution is 0.00578. The molecule has 2 heterocycles. The van der Waals surface area contributed by atoms with Crippen LogP contribution >= 0.6 is 0 Å². The van der Waals surface area contributed by atoms with Crippen LogP contribution in [0.25, 0.3) is 0 Å². The Balaban J connectivity index is 1.32. The molecule has 2 aromatic rings. The quantitative estimate of drug-likeness (QED) is 0.503. The van der Waals surface area contributed by atoms with Crippen molar-refractivity contribution < 1.29 is 28.2 Å². The van der Waals surface area contributed by atoms with Crippen molar-refractivity contribution in [2.45, 2.75) is 77.8 Å². The zero-order chi connectivity index (χ0) is 26.5. The summed E-state index contributed by atoms with van der Waals surface area (Å²) in [6, 6.07) is 13.8. The van der Waals surface area contributed by atoms with Gasteiger partial charge in [-0.1, -0.05) is 24.3 Å². The predicted molar refractivity (Wildman–Crippen MR) is 139 cm³/mol. The zero-order valence-corrected chi connectivity index (χ0v) is 22.2. The summed E-state index contributed by atoms with van der Waals surface area (Å²) in [4.78, 5) is 25.1. The molecular weight excluding hydrogens is 458 g/mol. The van der Waals surface area contributed by atoms with Crippen LogP contribution in [0.4, 0.5) is 0 Å². The topological polar surface area (TPSA) is 95.1 Å². The fourth-order valence-electron chi connectivity index (χ4n) is 3.80. The SMILES string of the molecule is CC1(C)OB(c2ccc(C(=O)NNC(=O)c3ccc(B4OC(C)(C)C(C)(C)O4)cc3)cc2)OC1(C)C. The third-order valence-corrected chi connectivity index (χ3v) is 7.69. The van der Waals surface area contributed by atoms with Crippen LogP contribution in [0.15, 0.2) is 48.5 Å². The first-order chi connectivity index (χ1) is 16.6. The lowest BCUT2D eigenvalue weighted by Gasteiger charge is -2.32. The van der Waals surface area contributed by atoms with E-state index >= 15 is 0 Å². The summed E-state index contributed by atoms with van der Waals surface area (Å²) >= 11 is 0. The van der Waals surface area contributed by atoms with Crippen molar-refractivity contribution >= 4 is 37.0 Å². The van der Waals surface area contributed by atoms with Crippen molar-refractivity contribution in [1.29, 1.82) is 0 Å². The molecule has 190 valence electrons. The van der Waals surface area contributed by atoms with Crippen molar-refractivity contribution in [2.24, 2.45) is 0 Å². The number of hydrogen-bond donors (Lipinski definition) is 2. The maximum atomic E-state index is 12.5. The second-order valence-electron chi connectivity index (χ2n) is 11.3. The molecule has 0 radical (unpaired) electrons. The van der Waals surface area contributed by atoms with Gasteiger partial charge in [0.1, 0.15) is 0 Å². The summed E-state index contributed by atoms with van der Waals surface area (Å²) in [5.74, 6) is -0.865. The molecule has 2 N–H and O–H groups in total. The van der Waals surface area contributed by atoms with Crippen molar-refractivity contribution in [2.75, 3.05) is 0 Å². The molecule has 2 amide bonds. The highest BCUT2D eigenvalue weighted by Gasteiger charge is 2.52. The van der Waals surface area contributed by atoms with Gasteiger partial charge in [0.05, 0.1) is 22.4 Å². The molecule has 0 aromatic heterocycles. The number of hydrogen-bond acceptors (Lipinski definition) is 6. The van der Waals surface area contributed by atoms with Crippen molar-refractivity contribution in [3.63, 3.8) is 0 Å². The predicted octanol–water partition coefficient (Wildman–Crippen LogP) is 2.36. The first-order valence-corrected chi connectivity index (χ1v) is 12.1. The molecule has 4 rings (SSSR count). The Kier molecular flexibility index (Phi) is 6.62. The average Bonchev–Trinajstić information content (AvgIpc) is 3.17. The van der Waals surface area contributed by atoms with Gasteiger partial charge in [-0.25, -0.2) is 0 Å². The van der Waals surface area contributed by atoms with Crippen molar-refractivity contribution in [3.05, 3.63) is 59.7 Å². The normalized spacial score (nSPS) is 21.3. The van der Waals surface area contributed by atoms with Gasteiger partial charge < -0.3 is 18.6 Å². The minimum atomic E-state index is -0.507. The molecule has 0 bridgehead atoms. The van der Waals surface area contributed by atoms with E-state index in [1.807, 2.05) is 55.4 Å². The number of hydrazine groups is 1. The minimum absolute atomic E-state index is 0.395. The van der Waals surface area contributed by atoms with Crippen LogP contribution in [-0.2, 0) is 18.6 Å². The molecule has 0 aliphatic carbocycles. The van der Waals surface area contributed by atoms with Crippen LogP contribution in [-0.4, -0.2) is 48.5 Å². The number of carbonyl (C=O) groups excluding carboxylic acids is 2. The highest BCUT2D eigenvalue weighted by Crippen LogP contribution is 2.37. The second kappa shape index (κ2) is 9.03. The Bertz CT molecular complexity index is 1020. The number of carbonyl (C=O) groups is 2. The number of nitrogens with one attached hydrogen (secondary N) is 2. The lowest BCUT2D eigenvalue weighted by atomic mass is 9.79. The van der Waals surface area contributed by atoms with Gasteiger partial charge in [-0.05, 0) is 90.6 Å². The largest absolute Gasteiger partial charge is 0.494 e. The maximum absolute atomic E-state index is 12.5. The summed E-state index contributed by atoms with van der Waals surface area (Å²) < 4.78 is 24.2. The summed E-state index contributed by atoms with van der Waals surface area (Å²) in [5, 5.41) is 0. The molecule has 10 heteroatoms. The Labute approximate surface area is 213 Å². The molecular formula is C26H34B2N2O6. The van der Waals surface area contributed by atoms with Crippen molar-refractivity contribution in [1.82, 2.24) is 10.9 Å². The van der Waals surface area contributed by atoms with E-state index in [4.69, 9.17) is 18.6 Å². The van der Waals surface area contributed by atoms with Crippen LogP contribution in [0.2, 0.25) is 0 Å². The van der Waals surface area contributed by atoms with Gasteiger partial charge in [0.2, 0.25) is 0 Å². The third-order valence-electron chi connectivity index (χ3n) is 7.69. The summed E-state index contributed by atoms with van der Waals surface area (Å²) in [6.45, 7) is 15.9. The molecule has 2 saturated heterocycles. The Morgan fingerprint density at radius 3 is 1.03 bits per heavy atom. The highest BCUT2D eigenvalue weighted by molar-refractivity contribution is 6.62. The molecule has 0 unspecified atom stereocenters. The summed E-state index contributed by atoms with van der Waals surface area (Å²) in [5.41, 5.74) is 5.55.